The highest BCUT2D eigenvalue weighted by molar-refractivity contribution is 6.30. The maximum Gasteiger partial charge on any atom is 0.354 e. The summed E-state index contributed by atoms with van der Waals surface area (Å²) >= 11 is 5.72. The van der Waals surface area contributed by atoms with Crippen molar-refractivity contribution in [2.75, 3.05) is 6.54 Å². The summed E-state index contributed by atoms with van der Waals surface area (Å²) in [5.41, 5.74) is 0.0639. The molecule has 0 saturated carbocycles. The number of aromatic nitrogens is 4. The van der Waals surface area contributed by atoms with Crippen LogP contribution in [-0.2, 0) is 17.9 Å². The van der Waals surface area contributed by atoms with Crippen molar-refractivity contribution in [3.05, 3.63) is 35.4 Å². The van der Waals surface area contributed by atoms with E-state index in [4.69, 9.17) is 16.7 Å². The summed E-state index contributed by atoms with van der Waals surface area (Å²) in [5, 5.41) is 20.0. The van der Waals surface area contributed by atoms with E-state index in [1.54, 1.807) is 10.9 Å². The monoisotopic (exact) mass is 311 g/mol. The van der Waals surface area contributed by atoms with Crippen LogP contribution >= 0.6 is 11.6 Å². The number of hydrogen-bond acceptors (Lipinski definition) is 4. The highest BCUT2D eigenvalue weighted by Crippen LogP contribution is 2.04. The van der Waals surface area contributed by atoms with Gasteiger partial charge in [-0.25, -0.2) is 4.79 Å². The number of rotatable bonds is 7. The van der Waals surface area contributed by atoms with Gasteiger partial charge >= 0.3 is 5.97 Å². The van der Waals surface area contributed by atoms with E-state index in [1.807, 2.05) is 0 Å². The molecule has 2 rings (SSSR count). The highest BCUT2D eigenvalue weighted by Gasteiger charge is 2.11. The normalized spacial score (nSPS) is 10.5. The van der Waals surface area contributed by atoms with Gasteiger partial charge in [0.1, 0.15) is 5.69 Å². The molecule has 1 amide bonds. The van der Waals surface area contributed by atoms with Crippen molar-refractivity contribution in [2.24, 2.45) is 0 Å². The van der Waals surface area contributed by atoms with Gasteiger partial charge < -0.3 is 10.4 Å². The number of halogens is 1. The van der Waals surface area contributed by atoms with Crippen LogP contribution in [0.5, 0.6) is 0 Å². The van der Waals surface area contributed by atoms with Gasteiger partial charge in [-0.15, -0.1) is 0 Å². The van der Waals surface area contributed by atoms with Crippen molar-refractivity contribution in [3.63, 3.8) is 0 Å². The third-order valence-electron chi connectivity index (χ3n) is 2.75. The first-order valence-electron chi connectivity index (χ1n) is 6.26. The molecule has 2 aromatic heterocycles. The van der Waals surface area contributed by atoms with Gasteiger partial charge in [-0.1, -0.05) is 11.6 Å². The first-order valence-corrected chi connectivity index (χ1v) is 6.64. The molecule has 0 aliphatic heterocycles. The quantitative estimate of drug-likeness (QED) is 0.781. The molecule has 21 heavy (non-hydrogen) atoms. The Kier molecular flexibility index (Phi) is 4.94. The number of hydrogen-bond donors (Lipinski definition) is 2. The first-order chi connectivity index (χ1) is 10.1. The zero-order chi connectivity index (χ0) is 15.2. The Morgan fingerprint density at radius 2 is 2.14 bits per heavy atom. The number of aromatic carboxylic acids is 1. The van der Waals surface area contributed by atoms with Crippen molar-refractivity contribution in [1.82, 2.24) is 24.9 Å². The van der Waals surface area contributed by atoms with Crippen molar-refractivity contribution in [2.45, 2.75) is 19.5 Å². The van der Waals surface area contributed by atoms with Gasteiger partial charge in [0.2, 0.25) is 5.91 Å². The van der Waals surface area contributed by atoms with Gasteiger partial charge in [0, 0.05) is 25.4 Å². The predicted octanol–water partition coefficient (Wildman–Crippen LogP) is 0.638. The molecule has 2 N–H and O–H groups in total. The van der Waals surface area contributed by atoms with Crippen LogP contribution in [0.15, 0.2) is 24.7 Å². The third-order valence-corrected chi connectivity index (χ3v) is 2.95. The summed E-state index contributed by atoms with van der Waals surface area (Å²) in [5.74, 6) is -1.25. The topological polar surface area (TPSA) is 102 Å². The summed E-state index contributed by atoms with van der Waals surface area (Å²) in [4.78, 5) is 22.5. The van der Waals surface area contributed by atoms with Crippen LogP contribution in [0.25, 0.3) is 0 Å². The minimum atomic E-state index is -1.07. The Bertz CT molecular complexity index is 636. The molecule has 112 valence electrons. The van der Waals surface area contributed by atoms with E-state index in [1.165, 1.54) is 23.1 Å². The zero-order valence-electron chi connectivity index (χ0n) is 11.1. The number of nitrogens with one attached hydrogen (secondary N) is 1. The number of carbonyl (C=O) groups is 2. The fourth-order valence-corrected chi connectivity index (χ4v) is 1.92. The largest absolute Gasteiger partial charge is 0.477 e. The number of carboxylic acid groups (broad SMARTS) is 1. The van der Waals surface area contributed by atoms with Gasteiger partial charge in [-0.2, -0.15) is 10.2 Å². The third kappa shape index (κ3) is 4.32. The molecule has 0 radical (unpaired) electrons. The summed E-state index contributed by atoms with van der Waals surface area (Å²) in [6.07, 6.45) is 4.73. The van der Waals surface area contributed by atoms with E-state index >= 15 is 0 Å². The standard InChI is InChI=1S/C12H14ClN5O3/c13-9-7-16-17(8-9)6-4-14-11(19)2-5-18-10(12(20)21)1-3-15-18/h1,3,7-8H,2,4-6H2,(H,14,19)(H,20,21). The lowest BCUT2D eigenvalue weighted by atomic mass is 10.3. The molecule has 0 spiro atoms. The van der Waals surface area contributed by atoms with Gasteiger partial charge in [0.15, 0.2) is 0 Å². The number of carbonyl (C=O) groups excluding carboxylic acids is 1. The van der Waals surface area contributed by atoms with Crippen molar-refractivity contribution in [1.29, 1.82) is 0 Å². The SMILES string of the molecule is O=C(CCn1nccc1C(=O)O)NCCn1cc(Cl)cn1. The predicted molar refractivity (Wildman–Crippen MR) is 74.1 cm³/mol. The lowest BCUT2D eigenvalue weighted by molar-refractivity contribution is -0.121. The van der Waals surface area contributed by atoms with E-state index in [-0.39, 0.29) is 24.6 Å². The molecule has 0 aromatic carbocycles. The zero-order valence-corrected chi connectivity index (χ0v) is 11.8. The Morgan fingerprint density at radius 1 is 1.33 bits per heavy atom. The minimum Gasteiger partial charge on any atom is -0.477 e. The van der Waals surface area contributed by atoms with Gasteiger partial charge in [-0.05, 0) is 6.07 Å². The first kappa shape index (κ1) is 15.0. The van der Waals surface area contributed by atoms with Crippen LogP contribution in [-0.4, -0.2) is 43.1 Å². The summed E-state index contributed by atoms with van der Waals surface area (Å²) in [6.45, 7) is 1.15. The lowest BCUT2D eigenvalue weighted by Gasteiger charge is -2.06. The van der Waals surface area contributed by atoms with Gasteiger partial charge in [-0.3, -0.25) is 14.2 Å². The molecule has 0 bridgehead atoms. The second-order valence-corrected chi connectivity index (χ2v) is 4.70. The molecular weight excluding hydrogens is 298 g/mol. The van der Waals surface area contributed by atoms with E-state index in [2.05, 4.69) is 15.5 Å². The highest BCUT2D eigenvalue weighted by atomic mass is 35.5. The smallest absolute Gasteiger partial charge is 0.354 e. The average Bonchev–Trinajstić information content (AvgIpc) is 3.05. The van der Waals surface area contributed by atoms with E-state index in [9.17, 15) is 9.59 Å². The second kappa shape index (κ2) is 6.89. The molecule has 0 aliphatic carbocycles. The minimum absolute atomic E-state index is 0.0639. The fourth-order valence-electron chi connectivity index (χ4n) is 1.76. The van der Waals surface area contributed by atoms with Crippen LogP contribution in [0, 0.1) is 0 Å². The van der Waals surface area contributed by atoms with Crippen molar-refractivity contribution in [3.8, 4) is 0 Å². The van der Waals surface area contributed by atoms with Crippen molar-refractivity contribution < 1.29 is 14.7 Å². The Morgan fingerprint density at radius 3 is 2.81 bits per heavy atom. The Labute approximate surface area is 125 Å². The summed E-state index contributed by atoms with van der Waals surface area (Å²) in [7, 11) is 0. The second-order valence-electron chi connectivity index (χ2n) is 4.27. The molecule has 8 nitrogen and oxygen atoms in total. The maximum absolute atomic E-state index is 11.7. The average molecular weight is 312 g/mol. The van der Waals surface area contributed by atoms with Crippen LogP contribution in [0.1, 0.15) is 16.9 Å². The molecule has 2 heterocycles. The maximum atomic E-state index is 11.7. The molecule has 9 heteroatoms. The summed E-state index contributed by atoms with van der Waals surface area (Å²) in [6, 6.07) is 1.39. The fraction of sp³-hybridized carbons (Fsp3) is 0.333. The number of carboxylic acids is 1. The molecule has 0 saturated heterocycles. The van der Waals surface area contributed by atoms with E-state index in [0.717, 1.165) is 0 Å². The molecule has 0 atom stereocenters. The Hall–Kier alpha value is -2.35. The molecule has 0 fully saturated rings. The number of aryl methyl sites for hydroxylation is 1. The number of nitrogens with zero attached hydrogens (tertiary/aromatic N) is 4. The molecular formula is C12H14ClN5O3. The van der Waals surface area contributed by atoms with Crippen LogP contribution in [0.3, 0.4) is 0 Å². The van der Waals surface area contributed by atoms with Crippen molar-refractivity contribution >= 4 is 23.5 Å². The van der Waals surface area contributed by atoms with Crippen LogP contribution in [0.2, 0.25) is 5.02 Å². The number of amides is 1. The van der Waals surface area contributed by atoms with E-state index < -0.39 is 5.97 Å². The molecule has 2 aromatic rings. The molecule has 0 aliphatic rings. The van der Waals surface area contributed by atoms with Gasteiger partial charge in [0.25, 0.3) is 0 Å². The van der Waals surface area contributed by atoms with Gasteiger partial charge in [0.05, 0.1) is 24.3 Å². The molecule has 0 unspecified atom stereocenters. The Balaban J connectivity index is 1.72. The lowest BCUT2D eigenvalue weighted by Crippen LogP contribution is -2.28. The van der Waals surface area contributed by atoms with E-state index in [0.29, 0.717) is 18.1 Å². The summed E-state index contributed by atoms with van der Waals surface area (Å²) < 4.78 is 2.91. The van der Waals surface area contributed by atoms with Crippen LogP contribution < -0.4 is 5.32 Å². The van der Waals surface area contributed by atoms with Crippen LogP contribution in [0.4, 0.5) is 0 Å².